The maximum absolute atomic E-state index is 11.7. The van der Waals surface area contributed by atoms with Crippen LogP contribution >= 0.6 is 15.9 Å². The van der Waals surface area contributed by atoms with Gasteiger partial charge in [0.1, 0.15) is 6.04 Å². The normalized spacial score (nSPS) is 11.6. The van der Waals surface area contributed by atoms with Gasteiger partial charge in [-0.1, -0.05) is 28.1 Å². The van der Waals surface area contributed by atoms with Crippen LogP contribution in [0.15, 0.2) is 28.7 Å². The van der Waals surface area contributed by atoms with E-state index in [1.54, 1.807) is 24.3 Å². The van der Waals surface area contributed by atoms with E-state index in [2.05, 4.69) is 21.2 Å². The van der Waals surface area contributed by atoms with E-state index in [1.807, 2.05) is 0 Å². The molecule has 0 bridgehead atoms. The van der Waals surface area contributed by atoms with Crippen LogP contribution in [0.5, 0.6) is 0 Å². The van der Waals surface area contributed by atoms with Crippen LogP contribution in [0.2, 0.25) is 0 Å². The SMILES string of the molecule is NC(=O)C[C@H](NC(=O)Cc1ccc(Br)cc1)C(=O)O. The van der Waals surface area contributed by atoms with Gasteiger partial charge < -0.3 is 16.2 Å². The first-order valence-corrected chi connectivity index (χ1v) is 6.22. The van der Waals surface area contributed by atoms with Gasteiger partial charge in [-0.15, -0.1) is 0 Å². The maximum Gasteiger partial charge on any atom is 0.326 e. The van der Waals surface area contributed by atoms with Crippen molar-refractivity contribution in [3.63, 3.8) is 0 Å². The Morgan fingerprint density at radius 2 is 1.84 bits per heavy atom. The number of hydrogen-bond acceptors (Lipinski definition) is 3. The van der Waals surface area contributed by atoms with E-state index in [9.17, 15) is 14.4 Å². The molecule has 6 nitrogen and oxygen atoms in total. The minimum absolute atomic E-state index is 0.0375. The zero-order valence-corrected chi connectivity index (χ0v) is 11.5. The van der Waals surface area contributed by atoms with Gasteiger partial charge in [-0.25, -0.2) is 4.79 Å². The predicted octanol–water partition coefficient (Wildman–Crippen LogP) is 0.436. The van der Waals surface area contributed by atoms with Gasteiger partial charge in [0, 0.05) is 4.47 Å². The zero-order valence-electron chi connectivity index (χ0n) is 9.93. The van der Waals surface area contributed by atoms with E-state index in [1.165, 1.54) is 0 Å². The van der Waals surface area contributed by atoms with Gasteiger partial charge in [0.25, 0.3) is 0 Å². The molecular weight excluding hydrogens is 316 g/mol. The number of primary amides is 1. The Morgan fingerprint density at radius 3 is 2.32 bits per heavy atom. The number of amides is 2. The fraction of sp³-hybridized carbons (Fsp3) is 0.250. The summed E-state index contributed by atoms with van der Waals surface area (Å²) in [6.07, 6.45) is -0.392. The number of carbonyl (C=O) groups excluding carboxylic acids is 2. The highest BCUT2D eigenvalue weighted by molar-refractivity contribution is 9.10. The average molecular weight is 329 g/mol. The van der Waals surface area contributed by atoms with Crippen molar-refractivity contribution in [2.24, 2.45) is 5.73 Å². The average Bonchev–Trinajstić information content (AvgIpc) is 2.30. The van der Waals surface area contributed by atoms with Crippen LogP contribution in [-0.2, 0) is 20.8 Å². The van der Waals surface area contributed by atoms with Gasteiger partial charge in [-0.05, 0) is 17.7 Å². The van der Waals surface area contributed by atoms with Crippen LogP contribution in [0, 0.1) is 0 Å². The second kappa shape index (κ2) is 6.89. The van der Waals surface area contributed by atoms with E-state index in [0.29, 0.717) is 0 Å². The van der Waals surface area contributed by atoms with Crippen molar-refractivity contribution in [1.29, 1.82) is 0 Å². The summed E-state index contributed by atoms with van der Waals surface area (Å²) in [4.78, 5) is 33.2. The van der Waals surface area contributed by atoms with E-state index in [-0.39, 0.29) is 6.42 Å². The number of nitrogens with one attached hydrogen (secondary N) is 1. The minimum Gasteiger partial charge on any atom is -0.480 e. The van der Waals surface area contributed by atoms with Crippen LogP contribution in [-0.4, -0.2) is 28.9 Å². The molecule has 0 heterocycles. The second-order valence-corrected chi connectivity index (χ2v) is 4.85. The molecule has 1 rings (SSSR count). The Kier molecular flexibility index (Phi) is 5.50. The van der Waals surface area contributed by atoms with Crippen LogP contribution in [0.3, 0.4) is 0 Å². The third-order valence-corrected chi connectivity index (χ3v) is 2.85. The summed E-state index contributed by atoms with van der Waals surface area (Å²) in [6, 6.07) is 5.75. The highest BCUT2D eigenvalue weighted by atomic mass is 79.9. The van der Waals surface area contributed by atoms with Crippen LogP contribution in [0.4, 0.5) is 0 Å². The summed E-state index contributed by atoms with van der Waals surface area (Å²) < 4.78 is 0.883. The number of rotatable bonds is 6. The van der Waals surface area contributed by atoms with Crippen molar-refractivity contribution in [2.45, 2.75) is 18.9 Å². The molecular formula is C12H13BrN2O4. The molecule has 0 fully saturated rings. The first kappa shape index (κ1) is 15.2. The summed E-state index contributed by atoms with van der Waals surface area (Å²) in [7, 11) is 0. The molecule has 0 saturated carbocycles. The van der Waals surface area contributed by atoms with E-state index < -0.39 is 30.2 Å². The summed E-state index contributed by atoms with van der Waals surface area (Å²) in [5, 5.41) is 11.1. The van der Waals surface area contributed by atoms with Gasteiger partial charge in [-0.2, -0.15) is 0 Å². The summed E-state index contributed by atoms with van der Waals surface area (Å²) >= 11 is 3.27. The lowest BCUT2D eigenvalue weighted by atomic mass is 10.1. The molecule has 102 valence electrons. The van der Waals surface area contributed by atoms with Gasteiger partial charge in [0.2, 0.25) is 11.8 Å². The highest BCUT2D eigenvalue weighted by Crippen LogP contribution is 2.10. The smallest absolute Gasteiger partial charge is 0.326 e. The van der Waals surface area contributed by atoms with E-state index in [0.717, 1.165) is 10.0 Å². The van der Waals surface area contributed by atoms with Gasteiger partial charge in [-0.3, -0.25) is 9.59 Å². The lowest BCUT2D eigenvalue weighted by Gasteiger charge is -2.12. The van der Waals surface area contributed by atoms with Crippen molar-refractivity contribution in [2.75, 3.05) is 0 Å². The largest absolute Gasteiger partial charge is 0.480 e. The number of nitrogens with two attached hydrogens (primary N) is 1. The van der Waals surface area contributed by atoms with Gasteiger partial charge in [0.05, 0.1) is 12.8 Å². The number of benzene rings is 1. The van der Waals surface area contributed by atoms with Crippen molar-refractivity contribution >= 4 is 33.7 Å². The molecule has 0 aliphatic heterocycles. The fourth-order valence-corrected chi connectivity index (χ4v) is 1.70. The second-order valence-electron chi connectivity index (χ2n) is 3.93. The zero-order chi connectivity index (χ0) is 14.4. The van der Waals surface area contributed by atoms with Gasteiger partial charge >= 0.3 is 5.97 Å². The number of carbonyl (C=O) groups is 3. The van der Waals surface area contributed by atoms with Crippen molar-refractivity contribution in [3.05, 3.63) is 34.3 Å². The maximum atomic E-state index is 11.7. The lowest BCUT2D eigenvalue weighted by Crippen LogP contribution is -2.43. The molecule has 1 atom stereocenters. The minimum atomic E-state index is -1.29. The number of carboxylic acids is 1. The fourth-order valence-electron chi connectivity index (χ4n) is 1.43. The number of aliphatic carboxylic acids is 1. The van der Waals surface area contributed by atoms with Crippen molar-refractivity contribution in [3.8, 4) is 0 Å². The predicted molar refractivity (Wildman–Crippen MR) is 71.2 cm³/mol. The Bertz CT molecular complexity index is 487. The standard InChI is InChI=1S/C12H13BrN2O4/c13-8-3-1-7(2-4-8)5-11(17)15-9(12(18)19)6-10(14)16/h1-4,9H,5-6H2,(H2,14,16)(H,15,17)(H,18,19)/t9-/m0/s1. The molecule has 0 unspecified atom stereocenters. The molecule has 0 saturated heterocycles. The molecule has 0 spiro atoms. The lowest BCUT2D eigenvalue weighted by molar-refractivity contribution is -0.143. The molecule has 0 radical (unpaired) electrons. The van der Waals surface area contributed by atoms with Crippen molar-refractivity contribution in [1.82, 2.24) is 5.32 Å². The monoisotopic (exact) mass is 328 g/mol. The third-order valence-electron chi connectivity index (χ3n) is 2.32. The van der Waals surface area contributed by atoms with Crippen LogP contribution in [0.25, 0.3) is 0 Å². The highest BCUT2D eigenvalue weighted by Gasteiger charge is 2.21. The molecule has 0 aromatic heterocycles. The molecule has 1 aromatic carbocycles. The van der Waals surface area contributed by atoms with Crippen LogP contribution < -0.4 is 11.1 Å². The summed E-state index contributed by atoms with van der Waals surface area (Å²) in [5.74, 6) is -2.55. The number of carboxylic acid groups (broad SMARTS) is 1. The number of halogens is 1. The Morgan fingerprint density at radius 1 is 1.26 bits per heavy atom. The quantitative estimate of drug-likeness (QED) is 0.703. The molecule has 1 aromatic rings. The summed E-state index contributed by atoms with van der Waals surface area (Å²) in [6.45, 7) is 0. The summed E-state index contributed by atoms with van der Waals surface area (Å²) in [5.41, 5.74) is 5.66. The van der Waals surface area contributed by atoms with E-state index in [4.69, 9.17) is 10.8 Å². The van der Waals surface area contributed by atoms with E-state index >= 15 is 0 Å². The van der Waals surface area contributed by atoms with Crippen LogP contribution in [0.1, 0.15) is 12.0 Å². The Labute approximate surface area is 118 Å². The third kappa shape index (κ3) is 5.52. The molecule has 4 N–H and O–H groups in total. The molecule has 7 heteroatoms. The first-order chi connectivity index (χ1) is 8.88. The molecule has 2 amide bonds. The van der Waals surface area contributed by atoms with Crippen molar-refractivity contribution < 1.29 is 19.5 Å². The molecule has 0 aliphatic carbocycles. The number of hydrogen-bond donors (Lipinski definition) is 3. The topological polar surface area (TPSA) is 109 Å². The first-order valence-electron chi connectivity index (χ1n) is 5.43. The molecule has 19 heavy (non-hydrogen) atoms. The molecule has 0 aliphatic rings. The Balaban J connectivity index is 2.59. The van der Waals surface area contributed by atoms with Gasteiger partial charge in [0.15, 0.2) is 0 Å². The Hall–Kier alpha value is -1.89.